The van der Waals surface area contributed by atoms with Crippen molar-refractivity contribution < 1.29 is 0 Å². The lowest BCUT2D eigenvalue weighted by molar-refractivity contribution is 0.784. The molecule has 0 aromatic heterocycles. The lowest BCUT2D eigenvalue weighted by Crippen LogP contribution is -2.28. The molecule has 0 radical (unpaired) electrons. The van der Waals surface area contributed by atoms with Crippen LogP contribution in [-0.2, 0) is 0 Å². The van der Waals surface area contributed by atoms with Crippen molar-refractivity contribution in [2.75, 3.05) is 23.5 Å². The molecule has 0 fully saturated rings. The normalized spacial score (nSPS) is 14.4. The van der Waals surface area contributed by atoms with Crippen molar-refractivity contribution in [3.05, 3.63) is 0 Å². The minimum absolute atomic E-state index is 0.378. The van der Waals surface area contributed by atoms with Gasteiger partial charge in [0, 0.05) is 10.5 Å². The predicted molar refractivity (Wildman–Crippen MR) is 80.4 cm³/mol. The van der Waals surface area contributed by atoms with Crippen molar-refractivity contribution in [2.24, 2.45) is 0 Å². The monoisotopic (exact) mass is 270 g/mol. The maximum Gasteiger partial charge on any atom is 0.0641 e. The van der Waals surface area contributed by atoms with Gasteiger partial charge in [0.2, 0.25) is 0 Å². The first kappa shape index (κ1) is 15.4. The standard InChI is InChI=1S/C10H22S4/c1-5-7-14-10(2,3)9(12-4)13-8-6-11/h9,11H,5-8H2,1-4H3. The fourth-order valence-corrected chi connectivity index (χ4v) is 5.35. The Morgan fingerprint density at radius 2 is 1.93 bits per heavy atom. The van der Waals surface area contributed by atoms with Crippen LogP contribution in [0.15, 0.2) is 0 Å². The van der Waals surface area contributed by atoms with Gasteiger partial charge in [-0.1, -0.05) is 6.92 Å². The second-order valence-electron chi connectivity index (χ2n) is 3.61. The first-order valence-corrected chi connectivity index (χ1v) is 8.93. The zero-order chi connectivity index (χ0) is 11.0. The van der Waals surface area contributed by atoms with Crippen LogP contribution in [0.5, 0.6) is 0 Å². The van der Waals surface area contributed by atoms with E-state index in [-0.39, 0.29) is 0 Å². The molecule has 0 aromatic rings. The van der Waals surface area contributed by atoms with Crippen LogP contribution in [0.3, 0.4) is 0 Å². The van der Waals surface area contributed by atoms with E-state index in [0.29, 0.717) is 9.33 Å². The Labute approximate surface area is 108 Å². The molecule has 86 valence electrons. The van der Waals surface area contributed by atoms with E-state index in [1.807, 2.05) is 23.5 Å². The zero-order valence-electron chi connectivity index (χ0n) is 9.58. The molecule has 0 saturated heterocycles. The molecule has 14 heavy (non-hydrogen) atoms. The van der Waals surface area contributed by atoms with Crippen LogP contribution in [0.1, 0.15) is 27.2 Å². The summed E-state index contributed by atoms with van der Waals surface area (Å²) in [5, 5.41) is 0. The highest BCUT2D eigenvalue weighted by Crippen LogP contribution is 2.40. The van der Waals surface area contributed by atoms with Gasteiger partial charge in [-0.2, -0.15) is 24.4 Å². The summed E-state index contributed by atoms with van der Waals surface area (Å²) in [6.07, 6.45) is 3.48. The molecule has 0 aliphatic rings. The highest BCUT2D eigenvalue weighted by Gasteiger charge is 2.29. The van der Waals surface area contributed by atoms with Gasteiger partial charge in [0.05, 0.1) is 4.58 Å². The summed E-state index contributed by atoms with van der Waals surface area (Å²) in [6.45, 7) is 6.97. The van der Waals surface area contributed by atoms with E-state index in [1.54, 1.807) is 0 Å². The Kier molecular flexibility index (Phi) is 9.39. The van der Waals surface area contributed by atoms with E-state index in [0.717, 1.165) is 11.5 Å². The van der Waals surface area contributed by atoms with Crippen molar-refractivity contribution >= 4 is 47.9 Å². The fourth-order valence-electron chi connectivity index (χ4n) is 1.15. The molecule has 1 atom stereocenters. The van der Waals surface area contributed by atoms with Gasteiger partial charge in [-0.3, -0.25) is 0 Å². The Hall–Kier alpha value is 1.40. The average molecular weight is 271 g/mol. The summed E-state index contributed by atoms with van der Waals surface area (Å²) in [4.78, 5) is 0. The largest absolute Gasteiger partial charge is 0.179 e. The summed E-state index contributed by atoms with van der Waals surface area (Å²) >= 11 is 10.4. The molecule has 0 saturated carbocycles. The van der Waals surface area contributed by atoms with Gasteiger partial charge in [0.25, 0.3) is 0 Å². The van der Waals surface area contributed by atoms with Gasteiger partial charge in [-0.15, -0.1) is 23.5 Å². The molecule has 0 aromatic carbocycles. The van der Waals surface area contributed by atoms with Crippen LogP contribution in [0, 0.1) is 0 Å². The fraction of sp³-hybridized carbons (Fsp3) is 1.00. The number of hydrogen-bond acceptors (Lipinski definition) is 4. The molecule has 1 unspecified atom stereocenters. The molecular weight excluding hydrogens is 248 g/mol. The Morgan fingerprint density at radius 1 is 1.29 bits per heavy atom. The predicted octanol–water partition coefficient (Wildman–Crippen LogP) is 4.26. The first-order valence-electron chi connectivity index (χ1n) is 4.97. The van der Waals surface area contributed by atoms with Gasteiger partial charge in [0.1, 0.15) is 0 Å². The molecule has 0 aliphatic heterocycles. The third-order valence-electron chi connectivity index (χ3n) is 1.82. The Balaban J connectivity index is 4.03. The molecule has 0 bridgehead atoms. The van der Waals surface area contributed by atoms with Gasteiger partial charge in [0.15, 0.2) is 0 Å². The second-order valence-corrected chi connectivity index (χ2v) is 8.26. The molecule has 4 heteroatoms. The van der Waals surface area contributed by atoms with Crippen LogP contribution in [-0.4, -0.2) is 32.8 Å². The van der Waals surface area contributed by atoms with Crippen molar-refractivity contribution in [1.82, 2.24) is 0 Å². The highest BCUT2D eigenvalue weighted by molar-refractivity contribution is 8.18. The topological polar surface area (TPSA) is 0 Å². The molecule has 0 aliphatic carbocycles. The van der Waals surface area contributed by atoms with Gasteiger partial charge >= 0.3 is 0 Å². The molecule has 0 spiro atoms. The van der Waals surface area contributed by atoms with Crippen LogP contribution >= 0.6 is 47.9 Å². The average Bonchev–Trinajstić information content (AvgIpc) is 2.16. The molecule has 0 N–H and O–H groups in total. The van der Waals surface area contributed by atoms with Crippen LogP contribution in [0.2, 0.25) is 0 Å². The molecular formula is C10H22S4. The van der Waals surface area contributed by atoms with E-state index < -0.39 is 0 Å². The molecule has 0 amide bonds. The lowest BCUT2D eigenvalue weighted by atomic mass is 10.2. The van der Waals surface area contributed by atoms with E-state index in [4.69, 9.17) is 0 Å². The van der Waals surface area contributed by atoms with Crippen molar-refractivity contribution in [3.8, 4) is 0 Å². The van der Waals surface area contributed by atoms with Gasteiger partial charge < -0.3 is 0 Å². The number of hydrogen-bond donors (Lipinski definition) is 1. The Morgan fingerprint density at radius 3 is 2.36 bits per heavy atom. The first-order chi connectivity index (χ1) is 6.58. The summed E-state index contributed by atoms with van der Waals surface area (Å²) < 4.78 is 1.06. The van der Waals surface area contributed by atoms with Crippen LogP contribution < -0.4 is 0 Å². The quantitative estimate of drug-likeness (QED) is 0.517. The van der Waals surface area contributed by atoms with Crippen molar-refractivity contribution in [3.63, 3.8) is 0 Å². The van der Waals surface area contributed by atoms with Gasteiger partial charge in [-0.25, -0.2) is 0 Å². The summed E-state index contributed by atoms with van der Waals surface area (Å²) in [7, 11) is 0. The van der Waals surface area contributed by atoms with E-state index in [2.05, 4.69) is 51.4 Å². The molecule has 0 rings (SSSR count). The van der Waals surface area contributed by atoms with Crippen LogP contribution in [0.25, 0.3) is 0 Å². The maximum atomic E-state index is 4.26. The zero-order valence-corrected chi connectivity index (χ0v) is 12.9. The SMILES string of the molecule is CCCSC(C)(C)C(SC)SCCS. The highest BCUT2D eigenvalue weighted by atomic mass is 32.2. The van der Waals surface area contributed by atoms with Crippen LogP contribution in [0.4, 0.5) is 0 Å². The lowest BCUT2D eigenvalue weighted by Gasteiger charge is -2.32. The van der Waals surface area contributed by atoms with Gasteiger partial charge in [-0.05, 0) is 38.0 Å². The maximum absolute atomic E-state index is 4.26. The second kappa shape index (κ2) is 8.54. The minimum Gasteiger partial charge on any atom is -0.179 e. The third-order valence-corrected chi connectivity index (χ3v) is 7.57. The third kappa shape index (κ3) is 6.09. The van der Waals surface area contributed by atoms with Crippen molar-refractivity contribution in [2.45, 2.75) is 36.5 Å². The minimum atomic E-state index is 0.378. The number of rotatable bonds is 8. The molecule has 0 nitrogen and oxygen atoms in total. The summed E-state index contributed by atoms with van der Waals surface area (Å²) in [5.41, 5.74) is 0. The van der Waals surface area contributed by atoms with Crippen molar-refractivity contribution in [1.29, 1.82) is 0 Å². The molecule has 0 heterocycles. The smallest absolute Gasteiger partial charge is 0.0641 e. The number of thiol groups is 1. The number of thioether (sulfide) groups is 3. The Bertz CT molecular complexity index is 136. The van der Waals surface area contributed by atoms with E-state index in [1.165, 1.54) is 12.2 Å². The summed E-state index contributed by atoms with van der Waals surface area (Å²) in [6, 6.07) is 0. The summed E-state index contributed by atoms with van der Waals surface area (Å²) in [5.74, 6) is 3.41. The van der Waals surface area contributed by atoms with E-state index >= 15 is 0 Å². The van der Waals surface area contributed by atoms with E-state index in [9.17, 15) is 0 Å².